The van der Waals surface area contributed by atoms with Crippen LogP contribution in [0.5, 0.6) is 0 Å². The minimum atomic E-state index is 0.654. The van der Waals surface area contributed by atoms with Gasteiger partial charge in [0, 0.05) is 18.6 Å². The molecule has 0 aliphatic heterocycles. The van der Waals surface area contributed by atoms with Crippen LogP contribution in [0.3, 0.4) is 0 Å². The van der Waals surface area contributed by atoms with Gasteiger partial charge in [-0.05, 0) is 59.0 Å². The highest BCUT2D eigenvalue weighted by Gasteiger charge is 2.24. The fourth-order valence-corrected chi connectivity index (χ4v) is 2.05. The van der Waals surface area contributed by atoms with Crippen molar-refractivity contribution >= 4 is 0 Å². The van der Waals surface area contributed by atoms with Crippen molar-refractivity contribution < 1.29 is 0 Å². The summed E-state index contributed by atoms with van der Waals surface area (Å²) in [5.74, 6) is 1.01. The van der Waals surface area contributed by atoms with Gasteiger partial charge in [-0.3, -0.25) is 0 Å². The van der Waals surface area contributed by atoms with E-state index in [9.17, 15) is 0 Å². The molecular weight excluding hydrogens is 184 g/mol. The first-order chi connectivity index (χ1) is 7.13. The fourth-order valence-electron chi connectivity index (χ4n) is 2.05. The van der Waals surface area contributed by atoms with Crippen molar-refractivity contribution in [2.75, 3.05) is 20.1 Å². The summed E-state index contributed by atoms with van der Waals surface area (Å²) in [5.41, 5.74) is 0. The van der Waals surface area contributed by atoms with Crippen LogP contribution in [0.15, 0.2) is 0 Å². The maximum absolute atomic E-state index is 3.56. The van der Waals surface area contributed by atoms with E-state index in [1.165, 1.54) is 32.2 Å². The van der Waals surface area contributed by atoms with Crippen molar-refractivity contribution in [3.63, 3.8) is 0 Å². The molecule has 2 nitrogen and oxygen atoms in total. The van der Waals surface area contributed by atoms with Crippen LogP contribution >= 0.6 is 0 Å². The zero-order valence-corrected chi connectivity index (χ0v) is 10.9. The minimum absolute atomic E-state index is 0.654. The van der Waals surface area contributed by atoms with Gasteiger partial charge in [-0.15, -0.1) is 0 Å². The normalized spacial score (nSPS) is 20.6. The van der Waals surface area contributed by atoms with Crippen LogP contribution in [0, 0.1) is 5.92 Å². The molecule has 0 spiro atoms. The third-order valence-electron chi connectivity index (χ3n) is 3.43. The average Bonchev–Trinajstić information content (AvgIpc) is 2.98. The Labute approximate surface area is 95.4 Å². The Hall–Kier alpha value is -0.0800. The van der Waals surface area contributed by atoms with Gasteiger partial charge in [0.05, 0.1) is 0 Å². The van der Waals surface area contributed by atoms with Crippen LogP contribution < -0.4 is 5.32 Å². The Morgan fingerprint density at radius 1 is 1.33 bits per heavy atom. The number of hydrogen-bond donors (Lipinski definition) is 1. The molecule has 1 saturated carbocycles. The summed E-state index contributed by atoms with van der Waals surface area (Å²) in [6.45, 7) is 9.34. The zero-order chi connectivity index (χ0) is 11.3. The molecule has 1 N–H and O–H groups in total. The summed E-state index contributed by atoms with van der Waals surface area (Å²) < 4.78 is 0. The van der Waals surface area contributed by atoms with E-state index >= 15 is 0 Å². The first-order valence-electron chi connectivity index (χ1n) is 6.57. The predicted octanol–water partition coefficient (Wildman–Crippen LogP) is 2.49. The molecule has 15 heavy (non-hydrogen) atoms. The predicted molar refractivity (Wildman–Crippen MR) is 67.2 cm³/mol. The summed E-state index contributed by atoms with van der Waals surface area (Å²) in [7, 11) is 2.27. The number of nitrogens with zero attached hydrogens (tertiary/aromatic N) is 1. The Morgan fingerprint density at radius 2 is 2.00 bits per heavy atom. The van der Waals surface area contributed by atoms with Crippen LogP contribution in [0.1, 0.15) is 46.5 Å². The Balaban J connectivity index is 2.11. The third-order valence-corrected chi connectivity index (χ3v) is 3.43. The summed E-state index contributed by atoms with van der Waals surface area (Å²) in [6, 6.07) is 1.37. The molecule has 1 rings (SSSR count). The van der Waals surface area contributed by atoms with E-state index in [-0.39, 0.29) is 0 Å². The van der Waals surface area contributed by atoms with Crippen molar-refractivity contribution in [2.45, 2.75) is 58.5 Å². The highest BCUT2D eigenvalue weighted by Crippen LogP contribution is 2.30. The van der Waals surface area contributed by atoms with Crippen LogP contribution in [0.4, 0.5) is 0 Å². The molecule has 0 amide bonds. The lowest BCUT2D eigenvalue weighted by Crippen LogP contribution is -2.37. The standard InChI is InChI=1S/C13H28N2/c1-5-8-14-11(2)9-12(3)15(4)10-13-6-7-13/h11-14H,5-10H2,1-4H3. The Bertz CT molecular complexity index is 166. The largest absolute Gasteiger partial charge is 0.314 e. The van der Waals surface area contributed by atoms with Gasteiger partial charge in [-0.25, -0.2) is 0 Å². The van der Waals surface area contributed by atoms with E-state index in [0.29, 0.717) is 12.1 Å². The molecule has 0 bridgehead atoms. The van der Waals surface area contributed by atoms with E-state index in [0.717, 1.165) is 12.5 Å². The highest BCUT2D eigenvalue weighted by atomic mass is 15.1. The monoisotopic (exact) mass is 212 g/mol. The minimum Gasteiger partial charge on any atom is -0.314 e. The lowest BCUT2D eigenvalue weighted by atomic mass is 10.1. The molecule has 2 unspecified atom stereocenters. The molecule has 0 saturated heterocycles. The molecule has 0 radical (unpaired) electrons. The van der Waals surface area contributed by atoms with Gasteiger partial charge >= 0.3 is 0 Å². The zero-order valence-electron chi connectivity index (χ0n) is 10.9. The summed E-state index contributed by atoms with van der Waals surface area (Å²) in [4.78, 5) is 2.53. The first kappa shape index (κ1) is 13.0. The summed E-state index contributed by atoms with van der Waals surface area (Å²) in [6.07, 6.45) is 5.42. The van der Waals surface area contributed by atoms with Gasteiger partial charge < -0.3 is 10.2 Å². The average molecular weight is 212 g/mol. The topological polar surface area (TPSA) is 15.3 Å². The highest BCUT2D eigenvalue weighted by molar-refractivity contribution is 4.79. The molecule has 90 valence electrons. The van der Waals surface area contributed by atoms with Gasteiger partial charge in [0.15, 0.2) is 0 Å². The number of nitrogens with one attached hydrogen (secondary N) is 1. The van der Waals surface area contributed by atoms with E-state index in [1.54, 1.807) is 0 Å². The third kappa shape index (κ3) is 5.53. The van der Waals surface area contributed by atoms with Gasteiger partial charge in [0.1, 0.15) is 0 Å². The molecule has 1 aliphatic carbocycles. The van der Waals surface area contributed by atoms with E-state index < -0.39 is 0 Å². The lowest BCUT2D eigenvalue weighted by Gasteiger charge is -2.27. The van der Waals surface area contributed by atoms with Gasteiger partial charge in [0.25, 0.3) is 0 Å². The second-order valence-electron chi connectivity index (χ2n) is 5.32. The molecule has 1 aliphatic rings. The van der Waals surface area contributed by atoms with Crippen molar-refractivity contribution in [2.24, 2.45) is 5.92 Å². The molecule has 2 heteroatoms. The molecule has 0 heterocycles. The van der Waals surface area contributed by atoms with Crippen molar-refractivity contribution in [3.05, 3.63) is 0 Å². The molecular formula is C13H28N2. The second-order valence-corrected chi connectivity index (χ2v) is 5.32. The Kier molecular flexibility index (Phi) is 5.62. The van der Waals surface area contributed by atoms with Crippen LogP contribution in [0.2, 0.25) is 0 Å². The van der Waals surface area contributed by atoms with E-state index in [2.05, 4.69) is 38.0 Å². The smallest absolute Gasteiger partial charge is 0.00787 e. The van der Waals surface area contributed by atoms with Crippen molar-refractivity contribution in [3.8, 4) is 0 Å². The van der Waals surface area contributed by atoms with E-state index in [4.69, 9.17) is 0 Å². The van der Waals surface area contributed by atoms with Gasteiger partial charge in [-0.2, -0.15) is 0 Å². The molecule has 2 atom stereocenters. The maximum atomic E-state index is 3.56. The summed E-state index contributed by atoms with van der Waals surface area (Å²) >= 11 is 0. The summed E-state index contributed by atoms with van der Waals surface area (Å²) in [5, 5.41) is 3.56. The second kappa shape index (κ2) is 6.49. The number of hydrogen-bond acceptors (Lipinski definition) is 2. The van der Waals surface area contributed by atoms with Crippen molar-refractivity contribution in [1.82, 2.24) is 10.2 Å². The fraction of sp³-hybridized carbons (Fsp3) is 1.00. The first-order valence-corrected chi connectivity index (χ1v) is 6.57. The maximum Gasteiger partial charge on any atom is 0.00787 e. The van der Waals surface area contributed by atoms with Crippen LogP contribution in [-0.4, -0.2) is 37.1 Å². The quantitative estimate of drug-likeness (QED) is 0.665. The van der Waals surface area contributed by atoms with Crippen LogP contribution in [0.25, 0.3) is 0 Å². The SMILES string of the molecule is CCCNC(C)CC(C)N(C)CC1CC1. The number of rotatable bonds is 8. The van der Waals surface area contributed by atoms with Gasteiger partial charge in [0.2, 0.25) is 0 Å². The molecule has 0 aromatic heterocycles. The lowest BCUT2D eigenvalue weighted by molar-refractivity contribution is 0.222. The van der Waals surface area contributed by atoms with Gasteiger partial charge in [-0.1, -0.05) is 6.92 Å². The van der Waals surface area contributed by atoms with Crippen LogP contribution in [-0.2, 0) is 0 Å². The van der Waals surface area contributed by atoms with E-state index in [1.807, 2.05) is 0 Å². The van der Waals surface area contributed by atoms with Crippen molar-refractivity contribution in [1.29, 1.82) is 0 Å². The Morgan fingerprint density at radius 3 is 2.53 bits per heavy atom. The molecule has 0 aromatic rings. The molecule has 1 fully saturated rings. The molecule has 0 aromatic carbocycles.